The highest BCUT2D eigenvalue weighted by Gasteiger charge is 2.40. The van der Waals surface area contributed by atoms with Crippen LogP contribution >= 0.6 is 11.6 Å². The number of benzene rings is 2. The van der Waals surface area contributed by atoms with Crippen molar-refractivity contribution in [1.29, 1.82) is 0 Å². The Morgan fingerprint density at radius 2 is 1.79 bits per heavy atom. The Bertz CT molecular complexity index is 874. The first-order chi connectivity index (χ1) is 11.3. The molecule has 0 aliphatic heterocycles. The smallest absolute Gasteiger partial charge is 0.252 e. The largest absolute Gasteiger partial charge is 0.343 e. The van der Waals surface area contributed by atoms with Gasteiger partial charge in [0.15, 0.2) is 9.84 Å². The number of amides is 1. The summed E-state index contributed by atoms with van der Waals surface area (Å²) >= 11 is 5.94. The van der Waals surface area contributed by atoms with Crippen LogP contribution in [0.25, 0.3) is 0 Å². The Hall–Kier alpha value is -1.85. The second-order valence-corrected chi connectivity index (χ2v) is 8.56. The summed E-state index contributed by atoms with van der Waals surface area (Å²) in [6.45, 7) is 0. The molecule has 1 fully saturated rings. The molecule has 4 nitrogen and oxygen atoms in total. The summed E-state index contributed by atoms with van der Waals surface area (Å²) in [5, 5.41) is 3.20. The van der Waals surface area contributed by atoms with E-state index in [1.54, 1.807) is 6.07 Å². The van der Waals surface area contributed by atoms with Crippen molar-refractivity contribution in [2.24, 2.45) is 0 Å². The predicted octanol–water partition coefficient (Wildman–Crippen LogP) is 3.55. The first-order valence-electron chi connectivity index (χ1n) is 7.69. The van der Waals surface area contributed by atoms with Crippen LogP contribution in [-0.4, -0.2) is 20.6 Å². The molecule has 6 heteroatoms. The van der Waals surface area contributed by atoms with Gasteiger partial charge in [-0.05, 0) is 43.0 Å². The van der Waals surface area contributed by atoms with Gasteiger partial charge in [0, 0.05) is 11.8 Å². The lowest BCUT2D eigenvalue weighted by atomic mass is 9.71. The van der Waals surface area contributed by atoms with Crippen LogP contribution in [0.2, 0.25) is 5.02 Å². The molecule has 0 bridgehead atoms. The minimum absolute atomic E-state index is 0.0285. The number of sulfone groups is 1. The van der Waals surface area contributed by atoms with Crippen molar-refractivity contribution < 1.29 is 13.2 Å². The van der Waals surface area contributed by atoms with Crippen LogP contribution in [0, 0.1) is 0 Å². The van der Waals surface area contributed by atoms with E-state index in [1.165, 1.54) is 12.1 Å². The van der Waals surface area contributed by atoms with Crippen molar-refractivity contribution in [2.75, 3.05) is 6.26 Å². The molecule has 1 aliphatic rings. The predicted molar refractivity (Wildman–Crippen MR) is 94.0 cm³/mol. The Labute approximate surface area is 146 Å². The first-order valence-corrected chi connectivity index (χ1v) is 9.96. The fraction of sp³-hybridized carbons (Fsp3) is 0.278. The number of hydrogen-bond donors (Lipinski definition) is 1. The van der Waals surface area contributed by atoms with E-state index in [0.717, 1.165) is 31.1 Å². The lowest BCUT2D eigenvalue weighted by Gasteiger charge is -2.43. The van der Waals surface area contributed by atoms with Crippen LogP contribution in [0.3, 0.4) is 0 Å². The van der Waals surface area contributed by atoms with Gasteiger partial charge >= 0.3 is 0 Å². The summed E-state index contributed by atoms with van der Waals surface area (Å²) in [7, 11) is -3.49. The first kappa shape index (κ1) is 17.0. The Balaban J connectivity index is 1.90. The Morgan fingerprint density at radius 3 is 2.33 bits per heavy atom. The van der Waals surface area contributed by atoms with Crippen molar-refractivity contribution >= 4 is 27.3 Å². The summed E-state index contributed by atoms with van der Waals surface area (Å²) in [6, 6.07) is 14.2. The summed E-state index contributed by atoms with van der Waals surface area (Å²) in [5.41, 5.74) is 0.993. The van der Waals surface area contributed by atoms with Crippen LogP contribution in [0.15, 0.2) is 53.4 Å². The minimum Gasteiger partial charge on any atom is -0.343 e. The quantitative estimate of drug-likeness (QED) is 0.903. The van der Waals surface area contributed by atoms with E-state index < -0.39 is 9.84 Å². The van der Waals surface area contributed by atoms with Gasteiger partial charge in [-0.1, -0.05) is 41.9 Å². The fourth-order valence-electron chi connectivity index (χ4n) is 2.99. The van der Waals surface area contributed by atoms with Gasteiger partial charge in [0.25, 0.3) is 5.91 Å². The molecular weight excluding hydrogens is 346 g/mol. The molecule has 0 saturated heterocycles. The summed E-state index contributed by atoms with van der Waals surface area (Å²) in [5.74, 6) is -0.292. The van der Waals surface area contributed by atoms with Gasteiger partial charge in [-0.3, -0.25) is 4.79 Å². The van der Waals surface area contributed by atoms with Crippen molar-refractivity contribution in [1.82, 2.24) is 5.32 Å². The van der Waals surface area contributed by atoms with Crippen molar-refractivity contribution in [3.8, 4) is 0 Å². The van der Waals surface area contributed by atoms with E-state index in [4.69, 9.17) is 11.6 Å². The van der Waals surface area contributed by atoms with E-state index in [0.29, 0.717) is 5.56 Å². The molecule has 0 atom stereocenters. The van der Waals surface area contributed by atoms with Gasteiger partial charge in [0.05, 0.1) is 15.5 Å². The number of carbonyl (C=O) groups excluding carboxylic acids is 1. The number of carbonyl (C=O) groups is 1. The SMILES string of the molecule is CS(=O)(=O)c1cc(C(=O)NC2(c3ccccc3)CCC2)ccc1Cl. The van der Waals surface area contributed by atoms with Crippen LogP contribution in [0.1, 0.15) is 35.2 Å². The number of hydrogen-bond acceptors (Lipinski definition) is 3. The van der Waals surface area contributed by atoms with Crippen LogP contribution in [0.5, 0.6) is 0 Å². The van der Waals surface area contributed by atoms with E-state index in [9.17, 15) is 13.2 Å². The van der Waals surface area contributed by atoms with Crippen LogP contribution in [-0.2, 0) is 15.4 Å². The van der Waals surface area contributed by atoms with Crippen LogP contribution < -0.4 is 5.32 Å². The highest BCUT2D eigenvalue weighted by molar-refractivity contribution is 7.90. The minimum atomic E-state index is -3.49. The third kappa shape index (κ3) is 3.19. The number of nitrogens with one attached hydrogen (secondary N) is 1. The average Bonchev–Trinajstić information content (AvgIpc) is 2.51. The maximum atomic E-state index is 12.7. The maximum Gasteiger partial charge on any atom is 0.252 e. The molecule has 24 heavy (non-hydrogen) atoms. The Morgan fingerprint density at radius 1 is 1.12 bits per heavy atom. The molecule has 126 valence electrons. The molecule has 1 aliphatic carbocycles. The third-order valence-electron chi connectivity index (χ3n) is 4.48. The van der Waals surface area contributed by atoms with Gasteiger partial charge in [-0.25, -0.2) is 8.42 Å². The zero-order valence-corrected chi connectivity index (χ0v) is 14.8. The zero-order valence-electron chi connectivity index (χ0n) is 13.3. The summed E-state index contributed by atoms with van der Waals surface area (Å²) in [4.78, 5) is 12.6. The molecular formula is C18H18ClNO3S. The van der Waals surface area contributed by atoms with Gasteiger partial charge in [0.2, 0.25) is 0 Å². The maximum absolute atomic E-state index is 12.7. The van der Waals surface area contributed by atoms with E-state index in [-0.39, 0.29) is 21.4 Å². The van der Waals surface area contributed by atoms with E-state index >= 15 is 0 Å². The monoisotopic (exact) mass is 363 g/mol. The third-order valence-corrected chi connectivity index (χ3v) is 6.06. The lowest BCUT2D eigenvalue weighted by molar-refractivity contribution is 0.0823. The summed E-state index contributed by atoms with van der Waals surface area (Å²) < 4.78 is 23.6. The molecule has 0 heterocycles. The van der Waals surface area contributed by atoms with Gasteiger partial charge < -0.3 is 5.32 Å². The molecule has 2 aromatic rings. The molecule has 1 N–H and O–H groups in total. The Kier molecular flexibility index (Phi) is 4.40. The fourth-order valence-corrected chi connectivity index (χ4v) is 4.29. The van der Waals surface area contributed by atoms with Crippen molar-refractivity contribution in [2.45, 2.75) is 29.7 Å². The molecule has 0 aromatic heterocycles. The second-order valence-electron chi connectivity index (χ2n) is 6.17. The number of rotatable bonds is 4. The molecule has 0 radical (unpaired) electrons. The van der Waals surface area contributed by atoms with Crippen molar-refractivity contribution in [3.05, 3.63) is 64.7 Å². The van der Waals surface area contributed by atoms with E-state index in [2.05, 4.69) is 5.32 Å². The highest BCUT2D eigenvalue weighted by atomic mass is 35.5. The van der Waals surface area contributed by atoms with Gasteiger partial charge in [0.1, 0.15) is 0 Å². The topological polar surface area (TPSA) is 63.2 Å². The van der Waals surface area contributed by atoms with Gasteiger partial charge in [-0.15, -0.1) is 0 Å². The summed E-state index contributed by atoms with van der Waals surface area (Å²) in [6.07, 6.45) is 3.86. The van der Waals surface area contributed by atoms with E-state index in [1.807, 2.05) is 30.3 Å². The zero-order chi connectivity index (χ0) is 17.4. The molecule has 0 spiro atoms. The average molecular weight is 364 g/mol. The highest BCUT2D eigenvalue weighted by Crippen LogP contribution is 2.41. The van der Waals surface area contributed by atoms with Crippen LogP contribution in [0.4, 0.5) is 0 Å². The lowest BCUT2D eigenvalue weighted by Crippen LogP contribution is -2.50. The molecule has 2 aromatic carbocycles. The molecule has 1 amide bonds. The molecule has 0 unspecified atom stereocenters. The number of halogens is 1. The standard InChI is InChI=1S/C18H18ClNO3S/c1-24(22,23)16-12-13(8-9-15(16)19)17(21)20-18(10-5-11-18)14-6-3-2-4-7-14/h2-4,6-9,12H,5,10-11H2,1H3,(H,20,21). The van der Waals surface area contributed by atoms with Gasteiger partial charge in [-0.2, -0.15) is 0 Å². The second kappa shape index (κ2) is 6.22. The molecule has 3 rings (SSSR count). The molecule has 1 saturated carbocycles. The normalized spacial score (nSPS) is 16.2. The van der Waals surface area contributed by atoms with Crippen molar-refractivity contribution in [3.63, 3.8) is 0 Å².